The molecule has 3 rings (SSSR count). The Hall–Kier alpha value is -1.69. The Morgan fingerprint density at radius 1 is 1.32 bits per heavy atom. The van der Waals surface area contributed by atoms with E-state index < -0.39 is 12.2 Å². The third-order valence-electron chi connectivity index (χ3n) is 4.44. The summed E-state index contributed by atoms with van der Waals surface area (Å²) >= 11 is 0. The number of nitrogens with one attached hydrogen (secondary N) is 2. The van der Waals surface area contributed by atoms with Crippen LogP contribution < -0.4 is 5.32 Å². The highest BCUT2D eigenvalue weighted by Crippen LogP contribution is 2.31. The quantitative estimate of drug-likeness (QED) is 0.677. The number of Topliss-reactive ketones (excluding diaryl/α,β-unsaturated/α-hetero) is 1. The van der Waals surface area contributed by atoms with Gasteiger partial charge in [-0.05, 0) is 56.1 Å². The number of aliphatic hydroxyl groups is 2. The summed E-state index contributed by atoms with van der Waals surface area (Å²) in [6.45, 7) is 0.647. The molecule has 4 N–H and O–H groups in total. The first-order chi connectivity index (χ1) is 10.6. The van der Waals surface area contributed by atoms with Crippen LogP contribution in [-0.4, -0.2) is 40.7 Å². The molecule has 1 aromatic heterocycles. The molecule has 0 amide bonds. The van der Waals surface area contributed by atoms with Gasteiger partial charge in [-0.1, -0.05) is 6.07 Å². The first kappa shape index (κ1) is 15.2. The molecule has 22 heavy (non-hydrogen) atoms. The minimum atomic E-state index is -0.914. The Morgan fingerprint density at radius 2 is 2.14 bits per heavy atom. The summed E-state index contributed by atoms with van der Waals surface area (Å²) in [5.41, 5.74) is 3.37. The fourth-order valence-corrected chi connectivity index (χ4v) is 3.17. The molecule has 0 fully saturated rings. The van der Waals surface area contributed by atoms with Gasteiger partial charge in [0.05, 0.1) is 11.8 Å². The predicted molar refractivity (Wildman–Crippen MR) is 85.1 cm³/mol. The Morgan fingerprint density at radius 3 is 2.91 bits per heavy atom. The lowest BCUT2D eigenvalue weighted by Crippen LogP contribution is -2.23. The van der Waals surface area contributed by atoms with Crippen molar-refractivity contribution >= 4 is 16.7 Å². The number of aromatic nitrogens is 1. The normalized spacial score (nSPS) is 17.5. The molecule has 1 heterocycles. The maximum atomic E-state index is 12.0. The van der Waals surface area contributed by atoms with Gasteiger partial charge in [0, 0.05) is 17.3 Å². The van der Waals surface area contributed by atoms with Crippen molar-refractivity contribution in [1.82, 2.24) is 10.3 Å². The maximum Gasteiger partial charge on any atom is 0.179 e. The van der Waals surface area contributed by atoms with Crippen molar-refractivity contribution in [2.75, 3.05) is 13.6 Å². The van der Waals surface area contributed by atoms with Crippen molar-refractivity contribution in [2.45, 2.75) is 37.9 Å². The van der Waals surface area contributed by atoms with E-state index in [1.54, 1.807) is 0 Å². The number of aryl methyl sites for hydroxylation is 1. The second kappa shape index (κ2) is 6.20. The van der Waals surface area contributed by atoms with E-state index in [0.717, 1.165) is 29.3 Å². The Balaban J connectivity index is 1.94. The highest BCUT2D eigenvalue weighted by atomic mass is 16.3. The molecule has 2 aromatic rings. The highest BCUT2D eigenvalue weighted by Gasteiger charge is 2.23. The number of rotatable bonds is 5. The smallest absolute Gasteiger partial charge is 0.179 e. The van der Waals surface area contributed by atoms with Crippen LogP contribution >= 0.6 is 0 Å². The van der Waals surface area contributed by atoms with Crippen LogP contribution in [0.1, 0.15) is 47.0 Å². The number of carbonyl (C=O) groups excluding carboxylic acids is 1. The number of aliphatic hydroxyl groups excluding tert-OH is 2. The second-order valence-electron chi connectivity index (χ2n) is 5.96. The third kappa shape index (κ3) is 2.67. The number of H-pyrrole nitrogens is 1. The molecule has 1 aromatic carbocycles. The van der Waals surface area contributed by atoms with E-state index in [0.29, 0.717) is 30.6 Å². The van der Waals surface area contributed by atoms with Crippen LogP contribution in [0.2, 0.25) is 0 Å². The van der Waals surface area contributed by atoms with Crippen LogP contribution in [0, 0.1) is 0 Å². The highest BCUT2D eigenvalue weighted by molar-refractivity contribution is 6.03. The average Bonchev–Trinajstić information content (AvgIpc) is 2.91. The van der Waals surface area contributed by atoms with E-state index in [4.69, 9.17) is 0 Å². The Bertz CT molecular complexity index is 693. The fourth-order valence-electron chi connectivity index (χ4n) is 3.17. The zero-order valence-electron chi connectivity index (χ0n) is 12.7. The molecule has 0 saturated carbocycles. The van der Waals surface area contributed by atoms with Crippen molar-refractivity contribution in [3.63, 3.8) is 0 Å². The zero-order valence-corrected chi connectivity index (χ0v) is 12.7. The van der Waals surface area contributed by atoms with Crippen LogP contribution in [0.3, 0.4) is 0 Å². The largest absolute Gasteiger partial charge is 0.390 e. The number of ketones is 1. The van der Waals surface area contributed by atoms with E-state index in [2.05, 4.69) is 10.3 Å². The van der Waals surface area contributed by atoms with Crippen molar-refractivity contribution in [3.05, 3.63) is 35.0 Å². The van der Waals surface area contributed by atoms with Gasteiger partial charge in [0.2, 0.25) is 0 Å². The first-order valence-corrected chi connectivity index (χ1v) is 7.80. The molecule has 0 aliphatic heterocycles. The predicted octanol–water partition coefficient (Wildman–Crippen LogP) is 1.69. The van der Waals surface area contributed by atoms with Crippen LogP contribution in [0.15, 0.2) is 18.2 Å². The summed E-state index contributed by atoms with van der Waals surface area (Å²) in [7, 11) is 1.81. The number of aromatic amines is 1. The van der Waals surface area contributed by atoms with E-state index in [1.807, 2.05) is 25.2 Å². The fraction of sp³-hybridized carbons (Fsp3) is 0.471. The minimum Gasteiger partial charge on any atom is -0.390 e. The van der Waals surface area contributed by atoms with Gasteiger partial charge in [-0.2, -0.15) is 0 Å². The molecule has 5 heteroatoms. The number of fused-ring (bicyclic) bond motifs is 3. The molecule has 0 bridgehead atoms. The number of hydrogen-bond donors (Lipinski definition) is 4. The summed E-state index contributed by atoms with van der Waals surface area (Å²) in [5, 5.41) is 24.3. The van der Waals surface area contributed by atoms with Crippen LogP contribution in [0.4, 0.5) is 0 Å². The Kier molecular flexibility index (Phi) is 4.29. The molecule has 2 atom stereocenters. The van der Waals surface area contributed by atoms with E-state index in [-0.39, 0.29) is 5.78 Å². The Labute approximate surface area is 129 Å². The SMILES string of the molecule is CNCCC(O)C(O)c1ccc2[nH]c3c(c2c1)CCCC3=O. The van der Waals surface area contributed by atoms with Gasteiger partial charge in [0.1, 0.15) is 6.10 Å². The molecule has 1 aliphatic carbocycles. The summed E-state index contributed by atoms with van der Waals surface area (Å²) in [6.07, 6.45) is 1.11. The van der Waals surface area contributed by atoms with Gasteiger partial charge in [-0.3, -0.25) is 4.79 Å². The molecule has 5 nitrogen and oxygen atoms in total. The minimum absolute atomic E-state index is 0.161. The monoisotopic (exact) mass is 302 g/mol. The van der Waals surface area contributed by atoms with Crippen LogP contribution in [-0.2, 0) is 6.42 Å². The van der Waals surface area contributed by atoms with Crippen molar-refractivity contribution in [2.24, 2.45) is 0 Å². The summed E-state index contributed by atoms with van der Waals surface area (Å²) in [6, 6.07) is 5.59. The van der Waals surface area contributed by atoms with Crippen molar-refractivity contribution in [3.8, 4) is 0 Å². The number of benzene rings is 1. The molecule has 2 unspecified atom stereocenters. The van der Waals surface area contributed by atoms with Crippen LogP contribution in [0.5, 0.6) is 0 Å². The lowest BCUT2D eigenvalue weighted by Gasteiger charge is -2.18. The van der Waals surface area contributed by atoms with Gasteiger partial charge in [-0.25, -0.2) is 0 Å². The van der Waals surface area contributed by atoms with Crippen molar-refractivity contribution < 1.29 is 15.0 Å². The second-order valence-corrected chi connectivity index (χ2v) is 5.96. The van der Waals surface area contributed by atoms with Gasteiger partial charge in [0.15, 0.2) is 5.78 Å². The van der Waals surface area contributed by atoms with E-state index >= 15 is 0 Å². The molecule has 1 aliphatic rings. The zero-order chi connectivity index (χ0) is 15.7. The van der Waals surface area contributed by atoms with E-state index in [1.165, 1.54) is 0 Å². The first-order valence-electron chi connectivity index (χ1n) is 7.80. The van der Waals surface area contributed by atoms with Crippen LogP contribution in [0.25, 0.3) is 10.9 Å². The average molecular weight is 302 g/mol. The lowest BCUT2D eigenvalue weighted by molar-refractivity contribution is 0.0141. The molecule has 0 saturated heterocycles. The van der Waals surface area contributed by atoms with Gasteiger partial charge in [0.25, 0.3) is 0 Å². The molecule has 0 spiro atoms. The van der Waals surface area contributed by atoms with Gasteiger partial charge in [-0.15, -0.1) is 0 Å². The molecule has 0 radical (unpaired) electrons. The molecular formula is C17H22N2O3. The molecular weight excluding hydrogens is 280 g/mol. The van der Waals surface area contributed by atoms with Crippen molar-refractivity contribution in [1.29, 1.82) is 0 Å². The summed E-state index contributed by atoms with van der Waals surface area (Å²) < 4.78 is 0. The maximum absolute atomic E-state index is 12.0. The number of hydrogen-bond acceptors (Lipinski definition) is 4. The summed E-state index contributed by atoms with van der Waals surface area (Å²) in [4.78, 5) is 15.2. The topological polar surface area (TPSA) is 85.3 Å². The summed E-state index contributed by atoms with van der Waals surface area (Å²) in [5.74, 6) is 0.161. The number of carbonyl (C=O) groups is 1. The lowest BCUT2D eigenvalue weighted by atomic mass is 9.93. The molecule has 118 valence electrons. The van der Waals surface area contributed by atoms with Gasteiger partial charge < -0.3 is 20.5 Å². The van der Waals surface area contributed by atoms with E-state index in [9.17, 15) is 15.0 Å². The van der Waals surface area contributed by atoms with Gasteiger partial charge >= 0.3 is 0 Å². The standard InChI is InChI=1S/C17H22N2O3/c1-18-8-7-15(21)17(22)10-5-6-13-12(9-10)11-3-2-4-14(20)16(11)19-13/h5-6,9,15,17-19,21-22H,2-4,7-8H2,1H3. The third-order valence-corrected chi connectivity index (χ3v) is 4.44.